The maximum atomic E-state index is 14.6. The molecule has 1 fully saturated rings. The first-order valence-electron chi connectivity index (χ1n) is 9.31. The topological polar surface area (TPSA) is 71.5 Å². The van der Waals surface area contributed by atoms with Crippen LogP contribution in [0.1, 0.15) is 30.0 Å². The van der Waals surface area contributed by atoms with Crippen molar-refractivity contribution in [2.75, 3.05) is 20.3 Å². The molecule has 1 aromatic heterocycles. The van der Waals surface area contributed by atoms with Crippen LogP contribution >= 0.6 is 0 Å². The average Bonchev–Trinajstić information content (AvgIpc) is 2.72. The summed E-state index contributed by atoms with van der Waals surface area (Å²) in [5.74, 6) is -1.26. The SMILES string of the molecule is COCCN1C(=O)CC[C@@H](C(=O)NCc2cccnc2)[C@@H]1c1ccccc1F. The number of pyridine rings is 1. The summed E-state index contributed by atoms with van der Waals surface area (Å²) in [7, 11) is 1.55. The molecule has 1 N–H and O–H groups in total. The number of carbonyl (C=O) groups excluding carboxylic acids is 2. The van der Waals surface area contributed by atoms with Crippen LogP contribution in [0.15, 0.2) is 48.8 Å². The number of hydrogen-bond acceptors (Lipinski definition) is 4. The molecule has 148 valence electrons. The van der Waals surface area contributed by atoms with Crippen LogP contribution in [0.5, 0.6) is 0 Å². The minimum Gasteiger partial charge on any atom is -0.383 e. The largest absolute Gasteiger partial charge is 0.383 e. The molecule has 1 aliphatic heterocycles. The number of halogens is 1. The van der Waals surface area contributed by atoms with E-state index in [4.69, 9.17) is 4.74 Å². The van der Waals surface area contributed by atoms with Crippen molar-refractivity contribution in [1.29, 1.82) is 0 Å². The molecule has 2 aromatic rings. The zero-order valence-corrected chi connectivity index (χ0v) is 15.8. The Balaban J connectivity index is 1.85. The number of piperidine rings is 1. The summed E-state index contributed by atoms with van der Waals surface area (Å²) in [6.07, 6.45) is 3.98. The fraction of sp³-hybridized carbons (Fsp3) is 0.381. The number of benzene rings is 1. The number of rotatable bonds is 7. The molecule has 0 unspecified atom stereocenters. The maximum absolute atomic E-state index is 14.6. The van der Waals surface area contributed by atoms with Crippen molar-refractivity contribution in [2.45, 2.75) is 25.4 Å². The van der Waals surface area contributed by atoms with Crippen molar-refractivity contribution in [3.63, 3.8) is 0 Å². The number of ether oxygens (including phenoxy) is 1. The van der Waals surface area contributed by atoms with E-state index in [-0.39, 0.29) is 18.2 Å². The van der Waals surface area contributed by atoms with Gasteiger partial charge in [0.1, 0.15) is 5.82 Å². The monoisotopic (exact) mass is 385 g/mol. The summed E-state index contributed by atoms with van der Waals surface area (Å²) in [6.45, 7) is 0.959. The van der Waals surface area contributed by atoms with Gasteiger partial charge in [-0.25, -0.2) is 4.39 Å². The first-order valence-corrected chi connectivity index (χ1v) is 9.31. The number of nitrogens with one attached hydrogen (secondary N) is 1. The van der Waals surface area contributed by atoms with Crippen molar-refractivity contribution in [1.82, 2.24) is 15.2 Å². The van der Waals surface area contributed by atoms with Crippen LogP contribution in [-0.2, 0) is 20.9 Å². The number of nitrogens with zero attached hydrogens (tertiary/aromatic N) is 2. The molecule has 3 rings (SSSR count). The van der Waals surface area contributed by atoms with Gasteiger partial charge < -0.3 is 15.0 Å². The number of aromatic nitrogens is 1. The van der Waals surface area contributed by atoms with Gasteiger partial charge in [-0.15, -0.1) is 0 Å². The highest BCUT2D eigenvalue weighted by atomic mass is 19.1. The minimum atomic E-state index is -0.661. The first kappa shape index (κ1) is 19.9. The lowest BCUT2D eigenvalue weighted by Gasteiger charge is -2.40. The van der Waals surface area contributed by atoms with Gasteiger partial charge in [0.05, 0.1) is 18.6 Å². The summed E-state index contributed by atoms with van der Waals surface area (Å²) >= 11 is 0. The van der Waals surface area contributed by atoms with Gasteiger partial charge in [0.15, 0.2) is 0 Å². The van der Waals surface area contributed by atoms with Crippen molar-refractivity contribution >= 4 is 11.8 Å². The van der Waals surface area contributed by atoms with Crippen LogP contribution in [-0.4, -0.2) is 42.0 Å². The summed E-state index contributed by atoms with van der Waals surface area (Å²) in [5, 5.41) is 2.91. The molecule has 1 saturated heterocycles. The standard InChI is InChI=1S/C21H24FN3O3/c1-28-12-11-25-19(26)9-8-17(20(25)16-6-2-3-7-18(16)22)21(27)24-14-15-5-4-10-23-13-15/h2-7,10,13,17,20H,8-9,11-12,14H2,1H3,(H,24,27)/t17-,20+/m1/s1. The van der Waals surface area contributed by atoms with E-state index in [1.807, 2.05) is 6.07 Å². The van der Waals surface area contributed by atoms with Gasteiger partial charge in [0.25, 0.3) is 0 Å². The molecule has 1 aromatic carbocycles. The third-order valence-corrected chi connectivity index (χ3v) is 4.99. The molecule has 0 saturated carbocycles. The molecule has 6 nitrogen and oxygen atoms in total. The summed E-state index contributed by atoms with van der Waals surface area (Å²) in [5.41, 5.74) is 1.23. The Kier molecular flexibility index (Phi) is 6.71. The lowest BCUT2D eigenvalue weighted by molar-refractivity contribution is -0.144. The van der Waals surface area contributed by atoms with Gasteiger partial charge in [-0.05, 0) is 24.1 Å². The fourth-order valence-electron chi connectivity index (χ4n) is 3.60. The van der Waals surface area contributed by atoms with Gasteiger partial charge in [0.2, 0.25) is 11.8 Å². The van der Waals surface area contributed by atoms with Gasteiger partial charge >= 0.3 is 0 Å². The normalized spacial score (nSPS) is 19.5. The van der Waals surface area contributed by atoms with Crippen LogP contribution in [0.2, 0.25) is 0 Å². The highest BCUT2D eigenvalue weighted by Gasteiger charge is 2.41. The molecule has 28 heavy (non-hydrogen) atoms. The molecular weight excluding hydrogens is 361 g/mol. The summed E-state index contributed by atoms with van der Waals surface area (Å²) in [4.78, 5) is 31.1. The van der Waals surface area contributed by atoms with Crippen molar-refractivity contribution in [2.24, 2.45) is 5.92 Å². The molecule has 2 atom stereocenters. The number of likely N-dealkylation sites (tertiary alicyclic amines) is 1. The third kappa shape index (κ3) is 4.54. The predicted molar refractivity (Wildman–Crippen MR) is 102 cm³/mol. The van der Waals surface area contributed by atoms with Crippen LogP contribution in [0.3, 0.4) is 0 Å². The van der Waals surface area contributed by atoms with Crippen molar-refractivity contribution < 1.29 is 18.7 Å². The summed E-state index contributed by atoms with van der Waals surface area (Å²) < 4.78 is 19.7. The number of amides is 2. The lowest BCUT2D eigenvalue weighted by Crippen LogP contribution is -2.49. The molecule has 0 bridgehead atoms. The maximum Gasteiger partial charge on any atom is 0.225 e. The molecule has 2 heterocycles. The van der Waals surface area contributed by atoms with Crippen molar-refractivity contribution in [3.8, 4) is 0 Å². The van der Waals surface area contributed by atoms with Gasteiger partial charge in [0, 0.05) is 44.6 Å². The Bertz CT molecular complexity index is 816. The van der Waals surface area contributed by atoms with E-state index < -0.39 is 17.8 Å². The Morgan fingerprint density at radius 1 is 1.32 bits per heavy atom. The van der Waals surface area contributed by atoms with Crippen LogP contribution in [0.25, 0.3) is 0 Å². The fourth-order valence-corrected chi connectivity index (χ4v) is 3.60. The third-order valence-electron chi connectivity index (χ3n) is 4.99. The first-order chi connectivity index (χ1) is 13.6. The van der Waals surface area contributed by atoms with E-state index in [0.29, 0.717) is 31.7 Å². The second-order valence-corrected chi connectivity index (χ2v) is 6.77. The van der Waals surface area contributed by atoms with E-state index in [2.05, 4.69) is 10.3 Å². The average molecular weight is 385 g/mol. The van der Waals surface area contributed by atoms with Crippen LogP contribution in [0, 0.1) is 11.7 Å². The Hall–Kier alpha value is -2.80. The lowest BCUT2D eigenvalue weighted by atomic mass is 9.83. The van der Waals surface area contributed by atoms with Gasteiger partial charge in [-0.2, -0.15) is 0 Å². The Labute approximate surface area is 163 Å². The van der Waals surface area contributed by atoms with Gasteiger partial charge in [-0.1, -0.05) is 24.3 Å². The smallest absolute Gasteiger partial charge is 0.225 e. The number of methoxy groups -OCH3 is 1. The highest BCUT2D eigenvalue weighted by molar-refractivity contribution is 5.85. The van der Waals surface area contributed by atoms with E-state index >= 15 is 0 Å². The van der Waals surface area contributed by atoms with Crippen LogP contribution in [0.4, 0.5) is 4.39 Å². The highest BCUT2D eigenvalue weighted by Crippen LogP contribution is 2.37. The van der Waals surface area contributed by atoms with Gasteiger partial charge in [-0.3, -0.25) is 14.6 Å². The number of carbonyl (C=O) groups is 2. The van der Waals surface area contributed by atoms with Crippen molar-refractivity contribution in [3.05, 3.63) is 65.7 Å². The molecule has 0 aliphatic carbocycles. The molecule has 0 spiro atoms. The molecular formula is C21H24FN3O3. The molecule has 2 amide bonds. The quantitative estimate of drug-likeness (QED) is 0.795. The second kappa shape index (κ2) is 9.41. The molecule has 1 aliphatic rings. The summed E-state index contributed by atoms with van der Waals surface area (Å²) in [6, 6.07) is 9.32. The van der Waals surface area contributed by atoms with E-state index in [1.54, 1.807) is 48.7 Å². The van der Waals surface area contributed by atoms with Crippen LogP contribution < -0.4 is 5.32 Å². The van der Waals surface area contributed by atoms with E-state index in [1.165, 1.54) is 6.07 Å². The van der Waals surface area contributed by atoms with E-state index in [9.17, 15) is 14.0 Å². The minimum absolute atomic E-state index is 0.0957. The second-order valence-electron chi connectivity index (χ2n) is 6.77. The zero-order valence-electron chi connectivity index (χ0n) is 15.8. The predicted octanol–water partition coefficient (Wildman–Crippen LogP) is 2.46. The Morgan fingerprint density at radius 2 is 2.14 bits per heavy atom. The number of hydrogen-bond donors (Lipinski definition) is 1. The van der Waals surface area contributed by atoms with E-state index in [0.717, 1.165) is 5.56 Å². The molecule has 0 radical (unpaired) electrons. The Morgan fingerprint density at radius 3 is 2.86 bits per heavy atom. The zero-order chi connectivity index (χ0) is 19.9. The molecule has 7 heteroatoms.